The predicted octanol–water partition coefficient (Wildman–Crippen LogP) is 5.23. The first-order chi connectivity index (χ1) is 13.6. The number of amides is 1. The quantitative estimate of drug-likeness (QED) is 0.530. The number of aryl methyl sites for hydroxylation is 2. The van der Waals surface area contributed by atoms with Gasteiger partial charge in [-0.2, -0.15) is 0 Å². The van der Waals surface area contributed by atoms with Gasteiger partial charge in [0, 0.05) is 16.9 Å². The molecule has 0 saturated carbocycles. The van der Waals surface area contributed by atoms with E-state index in [9.17, 15) is 4.79 Å². The van der Waals surface area contributed by atoms with E-state index in [1.807, 2.05) is 31.2 Å². The van der Waals surface area contributed by atoms with Gasteiger partial charge in [0.25, 0.3) is 0 Å². The van der Waals surface area contributed by atoms with Gasteiger partial charge < -0.3 is 14.8 Å². The molecule has 1 amide bonds. The van der Waals surface area contributed by atoms with Gasteiger partial charge in [0.1, 0.15) is 0 Å². The first-order valence-corrected chi connectivity index (χ1v) is 9.98. The molecule has 5 nitrogen and oxygen atoms in total. The van der Waals surface area contributed by atoms with E-state index in [1.54, 1.807) is 7.11 Å². The molecule has 3 aromatic rings. The number of carbonyl (C=O) groups excluding carboxylic acids is 1. The second-order valence-corrected chi connectivity index (χ2v) is 7.64. The third-order valence-electron chi connectivity index (χ3n) is 4.24. The molecule has 0 atom stereocenters. The van der Waals surface area contributed by atoms with E-state index in [2.05, 4.69) is 41.5 Å². The molecule has 0 spiro atoms. The first-order valence-electron chi connectivity index (χ1n) is 9.17. The number of rotatable bonds is 8. The number of aromatic nitrogens is 1. The maximum absolute atomic E-state index is 12.2. The van der Waals surface area contributed by atoms with Gasteiger partial charge >= 0.3 is 0 Å². The Morgan fingerprint density at radius 1 is 1.07 bits per heavy atom. The van der Waals surface area contributed by atoms with E-state index in [0.29, 0.717) is 36.1 Å². The van der Waals surface area contributed by atoms with Crippen LogP contribution < -0.4 is 14.8 Å². The molecule has 2 aromatic carbocycles. The fourth-order valence-electron chi connectivity index (χ4n) is 2.76. The van der Waals surface area contributed by atoms with Crippen molar-refractivity contribution in [3.8, 4) is 22.8 Å². The highest BCUT2D eigenvalue weighted by molar-refractivity contribution is 7.16. The van der Waals surface area contributed by atoms with Crippen LogP contribution in [0.1, 0.15) is 23.3 Å². The Hall–Kier alpha value is -2.86. The van der Waals surface area contributed by atoms with E-state index in [4.69, 9.17) is 9.47 Å². The van der Waals surface area contributed by atoms with Crippen molar-refractivity contribution in [2.75, 3.05) is 19.0 Å². The lowest BCUT2D eigenvalue weighted by Crippen LogP contribution is -2.12. The van der Waals surface area contributed by atoms with Gasteiger partial charge in [-0.3, -0.25) is 4.79 Å². The largest absolute Gasteiger partial charge is 0.493 e. The lowest BCUT2D eigenvalue weighted by molar-refractivity contribution is -0.116. The molecule has 0 saturated heterocycles. The van der Waals surface area contributed by atoms with Gasteiger partial charge in [-0.25, -0.2) is 4.98 Å². The Labute approximate surface area is 169 Å². The monoisotopic (exact) mass is 396 g/mol. The van der Waals surface area contributed by atoms with Crippen LogP contribution in [0.25, 0.3) is 11.3 Å². The lowest BCUT2D eigenvalue weighted by Gasteiger charge is -2.09. The van der Waals surface area contributed by atoms with Gasteiger partial charge in [0.15, 0.2) is 16.6 Å². The summed E-state index contributed by atoms with van der Waals surface area (Å²) >= 11 is 1.49. The number of para-hydroxylation sites is 2. The highest BCUT2D eigenvalue weighted by Gasteiger charge is 2.12. The van der Waals surface area contributed by atoms with Crippen molar-refractivity contribution >= 4 is 22.4 Å². The molecule has 28 heavy (non-hydrogen) atoms. The van der Waals surface area contributed by atoms with Crippen LogP contribution in [-0.4, -0.2) is 24.6 Å². The molecule has 0 unspecified atom stereocenters. The molecular weight excluding hydrogens is 372 g/mol. The summed E-state index contributed by atoms with van der Waals surface area (Å²) in [5.74, 6) is 1.31. The van der Waals surface area contributed by atoms with E-state index in [0.717, 1.165) is 16.1 Å². The fourth-order valence-corrected chi connectivity index (χ4v) is 3.62. The highest BCUT2D eigenvalue weighted by Crippen LogP contribution is 2.30. The molecule has 3 rings (SSSR count). The smallest absolute Gasteiger partial charge is 0.226 e. The number of hydrogen-bond donors (Lipinski definition) is 1. The van der Waals surface area contributed by atoms with Crippen LogP contribution >= 0.6 is 11.3 Å². The van der Waals surface area contributed by atoms with Crippen LogP contribution in [0, 0.1) is 13.8 Å². The third kappa shape index (κ3) is 5.10. The average molecular weight is 397 g/mol. The Bertz CT molecular complexity index is 935. The summed E-state index contributed by atoms with van der Waals surface area (Å²) in [7, 11) is 1.61. The lowest BCUT2D eigenvalue weighted by atomic mass is 10.1. The standard InChI is InChI=1S/C22H24N2O3S/c1-15-10-12-17(13-11-15)21-16(2)28-22(24-21)23-20(25)9-6-14-27-19-8-5-4-7-18(19)26-3/h4-5,7-8,10-13H,6,9,14H2,1-3H3,(H,23,24,25). The number of hydrogen-bond acceptors (Lipinski definition) is 5. The maximum atomic E-state index is 12.2. The second-order valence-electron chi connectivity index (χ2n) is 6.44. The van der Waals surface area contributed by atoms with E-state index >= 15 is 0 Å². The van der Waals surface area contributed by atoms with Crippen molar-refractivity contribution < 1.29 is 14.3 Å². The molecule has 0 radical (unpaired) electrons. The molecule has 0 fully saturated rings. The van der Waals surface area contributed by atoms with Crippen molar-refractivity contribution in [2.24, 2.45) is 0 Å². The summed E-state index contributed by atoms with van der Waals surface area (Å²) in [5, 5.41) is 3.52. The zero-order chi connectivity index (χ0) is 19.9. The van der Waals surface area contributed by atoms with E-state index in [-0.39, 0.29) is 5.91 Å². The van der Waals surface area contributed by atoms with Gasteiger partial charge in [0.05, 0.1) is 19.4 Å². The molecule has 0 aliphatic rings. The number of carbonyl (C=O) groups is 1. The van der Waals surface area contributed by atoms with Crippen molar-refractivity contribution in [3.63, 3.8) is 0 Å². The van der Waals surface area contributed by atoms with Crippen LogP contribution in [0.15, 0.2) is 48.5 Å². The molecule has 6 heteroatoms. The molecule has 0 bridgehead atoms. The van der Waals surface area contributed by atoms with Crippen LogP contribution in [0.5, 0.6) is 11.5 Å². The number of nitrogens with zero attached hydrogens (tertiary/aromatic N) is 1. The average Bonchev–Trinajstić information content (AvgIpc) is 3.06. The Morgan fingerprint density at radius 3 is 2.50 bits per heavy atom. The summed E-state index contributed by atoms with van der Waals surface area (Å²) in [5.41, 5.74) is 3.19. The third-order valence-corrected chi connectivity index (χ3v) is 5.13. The molecule has 146 valence electrons. The summed E-state index contributed by atoms with van der Waals surface area (Å²) in [4.78, 5) is 17.9. The van der Waals surface area contributed by atoms with Gasteiger partial charge in [-0.1, -0.05) is 42.0 Å². The molecule has 1 aromatic heterocycles. The molecule has 0 aliphatic carbocycles. The van der Waals surface area contributed by atoms with E-state index < -0.39 is 0 Å². The van der Waals surface area contributed by atoms with Gasteiger partial charge in [-0.15, -0.1) is 11.3 Å². The molecule has 1 heterocycles. The summed E-state index contributed by atoms with van der Waals surface area (Å²) in [6.07, 6.45) is 0.979. The number of methoxy groups -OCH3 is 1. The van der Waals surface area contributed by atoms with E-state index in [1.165, 1.54) is 16.9 Å². The SMILES string of the molecule is COc1ccccc1OCCCC(=O)Nc1nc(-c2ccc(C)cc2)c(C)s1. The highest BCUT2D eigenvalue weighted by atomic mass is 32.1. The Kier molecular flexibility index (Phi) is 6.66. The number of ether oxygens (including phenoxy) is 2. The van der Waals surface area contributed by atoms with Gasteiger partial charge in [0.2, 0.25) is 5.91 Å². The van der Waals surface area contributed by atoms with Crippen LogP contribution in [0.4, 0.5) is 5.13 Å². The second kappa shape index (κ2) is 9.37. The fraction of sp³-hybridized carbons (Fsp3) is 0.273. The zero-order valence-corrected chi connectivity index (χ0v) is 17.1. The van der Waals surface area contributed by atoms with Gasteiger partial charge in [-0.05, 0) is 32.4 Å². The minimum absolute atomic E-state index is 0.0622. The Balaban J connectivity index is 1.50. The molecule has 0 aliphatic heterocycles. The summed E-state index contributed by atoms with van der Waals surface area (Å²) < 4.78 is 10.9. The number of thiazole rings is 1. The van der Waals surface area contributed by atoms with Crippen molar-refractivity contribution in [2.45, 2.75) is 26.7 Å². The van der Waals surface area contributed by atoms with Crippen LogP contribution in [0.2, 0.25) is 0 Å². The van der Waals surface area contributed by atoms with Crippen molar-refractivity contribution in [1.29, 1.82) is 0 Å². The zero-order valence-electron chi connectivity index (χ0n) is 16.3. The van der Waals surface area contributed by atoms with Crippen molar-refractivity contribution in [1.82, 2.24) is 4.98 Å². The minimum Gasteiger partial charge on any atom is -0.493 e. The minimum atomic E-state index is -0.0622. The predicted molar refractivity (Wildman–Crippen MR) is 113 cm³/mol. The molecule has 1 N–H and O–H groups in total. The Morgan fingerprint density at radius 2 is 1.79 bits per heavy atom. The normalized spacial score (nSPS) is 10.5. The summed E-state index contributed by atoms with van der Waals surface area (Å²) in [6, 6.07) is 15.7. The number of anilines is 1. The number of benzene rings is 2. The van der Waals surface area contributed by atoms with Crippen LogP contribution in [-0.2, 0) is 4.79 Å². The molecular formula is C22H24N2O3S. The first kappa shape index (κ1) is 19.9. The summed E-state index contributed by atoms with van der Waals surface area (Å²) in [6.45, 7) is 4.52. The van der Waals surface area contributed by atoms with Crippen molar-refractivity contribution in [3.05, 3.63) is 59.0 Å². The maximum Gasteiger partial charge on any atom is 0.226 e. The van der Waals surface area contributed by atoms with Crippen LogP contribution in [0.3, 0.4) is 0 Å². The number of nitrogens with one attached hydrogen (secondary N) is 1. The topological polar surface area (TPSA) is 60.5 Å².